The van der Waals surface area contributed by atoms with Gasteiger partial charge in [-0.3, -0.25) is 9.69 Å². The predicted molar refractivity (Wildman–Crippen MR) is 112 cm³/mol. The summed E-state index contributed by atoms with van der Waals surface area (Å²) in [5, 5.41) is 3.26. The van der Waals surface area contributed by atoms with E-state index in [4.69, 9.17) is 0 Å². The van der Waals surface area contributed by atoms with Gasteiger partial charge in [0.1, 0.15) is 0 Å². The van der Waals surface area contributed by atoms with Crippen molar-refractivity contribution in [1.29, 1.82) is 0 Å². The number of hydrogen-bond acceptors (Lipinski definition) is 3. The van der Waals surface area contributed by atoms with Crippen LogP contribution in [-0.2, 0) is 11.3 Å². The van der Waals surface area contributed by atoms with E-state index in [9.17, 15) is 4.79 Å². The van der Waals surface area contributed by atoms with Crippen LogP contribution in [0.2, 0.25) is 0 Å². The van der Waals surface area contributed by atoms with Gasteiger partial charge < -0.3 is 10.2 Å². The highest BCUT2D eigenvalue weighted by atomic mass is 79.9. The summed E-state index contributed by atoms with van der Waals surface area (Å²) >= 11 is 3.50. The average molecular weight is 434 g/mol. The molecule has 0 spiro atoms. The Hall–Kier alpha value is -0.910. The van der Waals surface area contributed by atoms with Crippen LogP contribution in [0.25, 0.3) is 0 Å². The van der Waals surface area contributed by atoms with Crippen molar-refractivity contribution < 1.29 is 4.79 Å². The first-order valence-electron chi connectivity index (χ1n) is 10.7. The van der Waals surface area contributed by atoms with E-state index in [2.05, 4.69) is 55.3 Å². The molecule has 4 nitrogen and oxygen atoms in total. The zero-order valence-electron chi connectivity index (χ0n) is 16.2. The van der Waals surface area contributed by atoms with Crippen LogP contribution in [-0.4, -0.2) is 54.5 Å². The Labute approximate surface area is 171 Å². The van der Waals surface area contributed by atoms with E-state index in [1.165, 1.54) is 31.2 Å². The fraction of sp³-hybridized carbons (Fsp3) is 0.682. The Bertz CT molecular complexity index is 627. The first kappa shape index (κ1) is 19.4. The van der Waals surface area contributed by atoms with Crippen molar-refractivity contribution in [1.82, 2.24) is 15.1 Å². The number of fused-ring (bicyclic) bond motifs is 1. The molecular formula is C22H32BrN3O. The molecule has 3 atom stereocenters. The Balaban J connectivity index is 1.16. The summed E-state index contributed by atoms with van der Waals surface area (Å²) in [4.78, 5) is 17.5. The molecule has 2 aliphatic heterocycles. The molecule has 1 N–H and O–H groups in total. The number of benzene rings is 1. The minimum absolute atomic E-state index is 0.286. The summed E-state index contributed by atoms with van der Waals surface area (Å²) in [5.41, 5.74) is 1.39. The highest BCUT2D eigenvalue weighted by Gasteiger charge is 2.42. The molecule has 0 aromatic heterocycles. The molecule has 1 amide bonds. The fourth-order valence-corrected chi connectivity index (χ4v) is 5.47. The lowest BCUT2D eigenvalue weighted by Crippen LogP contribution is -2.46. The van der Waals surface area contributed by atoms with Crippen molar-refractivity contribution in [3.63, 3.8) is 0 Å². The number of nitrogens with one attached hydrogen (secondary N) is 1. The first-order chi connectivity index (χ1) is 13.2. The summed E-state index contributed by atoms with van der Waals surface area (Å²) in [5.74, 6) is 1.24. The van der Waals surface area contributed by atoms with E-state index in [0.29, 0.717) is 17.9 Å². The number of halogens is 1. The van der Waals surface area contributed by atoms with Crippen molar-refractivity contribution in [3.05, 3.63) is 34.3 Å². The van der Waals surface area contributed by atoms with Gasteiger partial charge in [0, 0.05) is 49.2 Å². The van der Waals surface area contributed by atoms with Gasteiger partial charge in [-0.25, -0.2) is 0 Å². The third kappa shape index (κ3) is 4.93. The van der Waals surface area contributed by atoms with Gasteiger partial charge in [0.05, 0.1) is 0 Å². The average Bonchev–Trinajstić information content (AvgIpc) is 3.00. The van der Waals surface area contributed by atoms with E-state index in [-0.39, 0.29) is 5.92 Å². The monoisotopic (exact) mass is 433 g/mol. The molecule has 1 aromatic rings. The Morgan fingerprint density at radius 3 is 2.48 bits per heavy atom. The number of amides is 1. The maximum atomic E-state index is 12.3. The number of carbonyl (C=O) groups excluding carboxylic acids is 1. The van der Waals surface area contributed by atoms with E-state index in [1.54, 1.807) is 0 Å². The van der Waals surface area contributed by atoms with Gasteiger partial charge in [0.25, 0.3) is 0 Å². The van der Waals surface area contributed by atoms with Crippen LogP contribution in [0, 0.1) is 11.8 Å². The maximum Gasteiger partial charge on any atom is 0.223 e. The lowest BCUT2D eigenvalue weighted by atomic mass is 9.78. The molecule has 0 bridgehead atoms. The standard InChI is InChI=1S/C22H32BrN3O/c23-18-9-7-17(8-10-18)16-26-14-12-25(13-15-26)11-3-5-20-19-4-1-2-6-21(19)24-22(20)27/h7-10,19-21H,1-6,11-16H2,(H,24,27)/t19-,20?,21+/m0/s1. The second kappa shape index (κ2) is 9.06. The van der Waals surface area contributed by atoms with Gasteiger partial charge in [-0.15, -0.1) is 0 Å². The fourth-order valence-electron chi connectivity index (χ4n) is 5.20. The summed E-state index contributed by atoms with van der Waals surface area (Å²) in [6, 6.07) is 9.16. The largest absolute Gasteiger partial charge is 0.353 e. The van der Waals surface area contributed by atoms with Crippen molar-refractivity contribution in [3.8, 4) is 0 Å². The van der Waals surface area contributed by atoms with Crippen LogP contribution in [0.1, 0.15) is 44.1 Å². The highest BCUT2D eigenvalue weighted by molar-refractivity contribution is 9.10. The third-order valence-corrected chi connectivity index (χ3v) is 7.30. The lowest BCUT2D eigenvalue weighted by molar-refractivity contribution is -0.123. The van der Waals surface area contributed by atoms with Crippen LogP contribution in [0.5, 0.6) is 0 Å². The Morgan fingerprint density at radius 2 is 1.70 bits per heavy atom. The second-order valence-corrected chi connectivity index (χ2v) is 9.47. The van der Waals surface area contributed by atoms with E-state index >= 15 is 0 Å². The quantitative estimate of drug-likeness (QED) is 0.743. The zero-order chi connectivity index (χ0) is 18.6. The van der Waals surface area contributed by atoms with Crippen molar-refractivity contribution >= 4 is 21.8 Å². The highest BCUT2D eigenvalue weighted by Crippen LogP contribution is 2.37. The molecule has 2 saturated heterocycles. The summed E-state index contributed by atoms with van der Waals surface area (Å²) in [6.45, 7) is 6.79. The SMILES string of the molecule is O=C1N[C@@H]2CCCC[C@H]2C1CCCN1CCN(Cc2ccc(Br)cc2)CC1. The summed E-state index contributed by atoms with van der Waals surface area (Å²) < 4.78 is 1.14. The molecule has 4 rings (SSSR count). The van der Waals surface area contributed by atoms with E-state index in [1.807, 2.05) is 0 Å². The van der Waals surface area contributed by atoms with Crippen LogP contribution in [0.15, 0.2) is 28.7 Å². The van der Waals surface area contributed by atoms with E-state index in [0.717, 1.165) is 56.6 Å². The Morgan fingerprint density at radius 1 is 1.00 bits per heavy atom. The molecule has 1 unspecified atom stereocenters. The maximum absolute atomic E-state index is 12.3. The van der Waals surface area contributed by atoms with Crippen LogP contribution >= 0.6 is 15.9 Å². The molecule has 0 radical (unpaired) electrons. The summed E-state index contributed by atoms with van der Waals surface area (Å²) in [7, 11) is 0. The topological polar surface area (TPSA) is 35.6 Å². The molecule has 1 aromatic carbocycles. The van der Waals surface area contributed by atoms with Gasteiger partial charge in [0.15, 0.2) is 0 Å². The van der Waals surface area contributed by atoms with E-state index < -0.39 is 0 Å². The van der Waals surface area contributed by atoms with Gasteiger partial charge in [-0.1, -0.05) is 40.9 Å². The molecular weight excluding hydrogens is 402 g/mol. The predicted octanol–water partition coefficient (Wildman–Crippen LogP) is 3.65. The van der Waals surface area contributed by atoms with Gasteiger partial charge in [-0.2, -0.15) is 0 Å². The van der Waals surface area contributed by atoms with Crippen LogP contribution in [0.4, 0.5) is 0 Å². The first-order valence-corrected chi connectivity index (χ1v) is 11.5. The van der Waals surface area contributed by atoms with Crippen LogP contribution < -0.4 is 5.32 Å². The second-order valence-electron chi connectivity index (χ2n) is 8.56. The van der Waals surface area contributed by atoms with Gasteiger partial charge >= 0.3 is 0 Å². The molecule has 27 heavy (non-hydrogen) atoms. The molecule has 1 aliphatic carbocycles. The minimum atomic E-state index is 0.286. The van der Waals surface area contributed by atoms with Crippen molar-refractivity contribution in [2.75, 3.05) is 32.7 Å². The molecule has 2 heterocycles. The Kier molecular flexibility index (Phi) is 6.51. The summed E-state index contributed by atoms with van der Waals surface area (Å²) in [6.07, 6.45) is 7.29. The van der Waals surface area contributed by atoms with Gasteiger partial charge in [0.2, 0.25) is 5.91 Å². The number of carbonyl (C=O) groups is 1. The minimum Gasteiger partial charge on any atom is -0.353 e. The molecule has 3 aliphatic rings. The normalized spacial score (nSPS) is 29.5. The zero-order valence-corrected chi connectivity index (χ0v) is 17.8. The molecule has 3 fully saturated rings. The van der Waals surface area contributed by atoms with Crippen LogP contribution in [0.3, 0.4) is 0 Å². The number of rotatable bonds is 6. The van der Waals surface area contributed by atoms with Gasteiger partial charge in [-0.05, 0) is 55.8 Å². The third-order valence-electron chi connectivity index (χ3n) is 6.77. The molecule has 1 saturated carbocycles. The number of hydrogen-bond donors (Lipinski definition) is 1. The molecule has 5 heteroatoms. The lowest BCUT2D eigenvalue weighted by Gasteiger charge is -2.35. The van der Waals surface area contributed by atoms with Crippen molar-refractivity contribution in [2.24, 2.45) is 11.8 Å². The number of nitrogens with zero attached hydrogens (tertiary/aromatic N) is 2. The van der Waals surface area contributed by atoms with Crippen molar-refractivity contribution in [2.45, 2.75) is 51.1 Å². The number of piperazine rings is 1. The smallest absolute Gasteiger partial charge is 0.223 e. The molecule has 148 valence electrons.